The second-order valence-electron chi connectivity index (χ2n) is 9.12. The van der Waals surface area contributed by atoms with E-state index in [1.54, 1.807) is 5.57 Å². The smallest absolute Gasteiger partial charge is 0.00854 e. The van der Waals surface area contributed by atoms with Crippen LogP contribution in [-0.4, -0.2) is 0 Å². The quantitative estimate of drug-likeness (QED) is 0.490. The molecule has 0 radical (unpaired) electrons. The molecule has 0 saturated heterocycles. The molecule has 3 saturated carbocycles. The Kier molecular flexibility index (Phi) is 3.47. The lowest BCUT2D eigenvalue weighted by Gasteiger charge is -2.64. The van der Waals surface area contributed by atoms with E-state index in [1.807, 2.05) is 0 Å². The highest BCUT2D eigenvalue weighted by Gasteiger charge is 2.59. The highest BCUT2D eigenvalue weighted by atomic mass is 14.6. The molecule has 3 fully saturated rings. The van der Waals surface area contributed by atoms with Gasteiger partial charge in [-0.1, -0.05) is 45.9 Å². The maximum atomic E-state index is 4.49. The standard InChI is InChI=1S/C21H34/c1-7-19(4)13-14-21(6)17(16(19)3)11-12-20(5)15(2)9-8-10-18(20)21/h7,16-18H,1-2,8-14H2,3-6H3/t16-,17+,18?,19+,20+,21+/m0/s1. The van der Waals surface area contributed by atoms with Gasteiger partial charge in [0.15, 0.2) is 0 Å². The maximum Gasteiger partial charge on any atom is -0.00854 e. The van der Waals surface area contributed by atoms with Crippen LogP contribution in [-0.2, 0) is 0 Å². The van der Waals surface area contributed by atoms with Gasteiger partial charge in [0, 0.05) is 0 Å². The summed E-state index contributed by atoms with van der Waals surface area (Å²) in [7, 11) is 0. The summed E-state index contributed by atoms with van der Waals surface area (Å²) in [5.41, 5.74) is 2.86. The fourth-order valence-electron chi connectivity index (χ4n) is 6.52. The summed E-state index contributed by atoms with van der Waals surface area (Å²) in [4.78, 5) is 0. The van der Waals surface area contributed by atoms with Crippen LogP contribution in [0.25, 0.3) is 0 Å². The van der Waals surface area contributed by atoms with Gasteiger partial charge in [0.25, 0.3) is 0 Å². The van der Waals surface area contributed by atoms with Crippen molar-refractivity contribution in [3.63, 3.8) is 0 Å². The highest BCUT2D eigenvalue weighted by molar-refractivity contribution is 5.21. The summed E-state index contributed by atoms with van der Waals surface area (Å²) >= 11 is 0. The van der Waals surface area contributed by atoms with E-state index in [0.717, 1.165) is 17.8 Å². The zero-order valence-electron chi connectivity index (χ0n) is 14.7. The molecule has 0 heteroatoms. The van der Waals surface area contributed by atoms with Gasteiger partial charge in [-0.3, -0.25) is 0 Å². The van der Waals surface area contributed by atoms with E-state index in [-0.39, 0.29) is 0 Å². The third-order valence-corrected chi connectivity index (χ3v) is 8.48. The van der Waals surface area contributed by atoms with Crippen molar-refractivity contribution in [1.82, 2.24) is 0 Å². The number of fused-ring (bicyclic) bond motifs is 3. The number of rotatable bonds is 1. The van der Waals surface area contributed by atoms with E-state index in [9.17, 15) is 0 Å². The SMILES string of the molecule is C=C[C@]1(C)CC[C@@]2(C)C3CCCC(=C)[C@@]3(C)CC[C@@H]2[C@@H]1C. The summed E-state index contributed by atoms with van der Waals surface area (Å²) in [6.45, 7) is 18.7. The van der Waals surface area contributed by atoms with Crippen LogP contribution in [0.3, 0.4) is 0 Å². The number of allylic oxidation sites excluding steroid dienone is 2. The Balaban J connectivity index is 1.98. The lowest BCUT2D eigenvalue weighted by Crippen LogP contribution is -2.56. The molecule has 0 amide bonds. The monoisotopic (exact) mass is 286 g/mol. The summed E-state index contributed by atoms with van der Waals surface area (Å²) in [5, 5.41) is 0. The van der Waals surface area contributed by atoms with Crippen molar-refractivity contribution in [2.45, 2.75) is 72.6 Å². The van der Waals surface area contributed by atoms with E-state index < -0.39 is 0 Å². The zero-order valence-corrected chi connectivity index (χ0v) is 14.7. The molecule has 118 valence electrons. The predicted octanol–water partition coefficient (Wildman–Crippen LogP) is 6.39. The van der Waals surface area contributed by atoms with Crippen molar-refractivity contribution in [2.75, 3.05) is 0 Å². The number of hydrogen-bond acceptors (Lipinski definition) is 0. The molecular formula is C21H34. The molecule has 0 aromatic carbocycles. The van der Waals surface area contributed by atoms with Crippen LogP contribution in [0.4, 0.5) is 0 Å². The van der Waals surface area contributed by atoms with Crippen LogP contribution in [0.2, 0.25) is 0 Å². The van der Waals surface area contributed by atoms with Crippen molar-refractivity contribution in [3.05, 3.63) is 24.8 Å². The molecule has 3 rings (SSSR count). The average molecular weight is 287 g/mol. The minimum Gasteiger partial charge on any atom is -0.103 e. The van der Waals surface area contributed by atoms with Gasteiger partial charge in [0.1, 0.15) is 0 Å². The van der Waals surface area contributed by atoms with Crippen LogP contribution in [0.5, 0.6) is 0 Å². The molecule has 0 nitrogen and oxygen atoms in total. The molecule has 0 heterocycles. The molecule has 1 unspecified atom stereocenters. The Labute approximate surface area is 132 Å². The van der Waals surface area contributed by atoms with Crippen molar-refractivity contribution < 1.29 is 0 Å². The topological polar surface area (TPSA) is 0 Å². The fraction of sp³-hybridized carbons (Fsp3) is 0.810. The molecule has 6 atom stereocenters. The van der Waals surface area contributed by atoms with E-state index in [2.05, 4.69) is 46.9 Å². The Morgan fingerprint density at radius 1 is 1.10 bits per heavy atom. The van der Waals surface area contributed by atoms with Crippen molar-refractivity contribution >= 4 is 0 Å². The lowest BCUT2D eigenvalue weighted by molar-refractivity contribution is -0.125. The molecule has 21 heavy (non-hydrogen) atoms. The Morgan fingerprint density at radius 2 is 1.81 bits per heavy atom. The first-order chi connectivity index (χ1) is 9.78. The number of hydrogen-bond donors (Lipinski definition) is 0. The molecular weight excluding hydrogens is 252 g/mol. The average Bonchev–Trinajstić information content (AvgIpc) is 2.46. The molecule has 0 bridgehead atoms. The first-order valence-corrected chi connectivity index (χ1v) is 9.10. The second-order valence-corrected chi connectivity index (χ2v) is 9.12. The highest BCUT2D eigenvalue weighted by Crippen LogP contribution is 2.68. The van der Waals surface area contributed by atoms with Gasteiger partial charge in [-0.25, -0.2) is 0 Å². The molecule has 0 N–H and O–H groups in total. The van der Waals surface area contributed by atoms with Crippen molar-refractivity contribution in [1.29, 1.82) is 0 Å². The third kappa shape index (κ3) is 1.93. The van der Waals surface area contributed by atoms with Gasteiger partial charge in [-0.2, -0.15) is 0 Å². The first kappa shape index (κ1) is 15.4. The summed E-state index contributed by atoms with van der Waals surface area (Å²) < 4.78 is 0. The van der Waals surface area contributed by atoms with E-state index >= 15 is 0 Å². The first-order valence-electron chi connectivity index (χ1n) is 9.10. The van der Waals surface area contributed by atoms with Crippen LogP contribution in [0, 0.1) is 34.0 Å². The van der Waals surface area contributed by atoms with Crippen molar-refractivity contribution in [3.8, 4) is 0 Å². The molecule has 0 aliphatic heterocycles. The van der Waals surface area contributed by atoms with Gasteiger partial charge >= 0.3 is 0 Å². The lowest BCUT2D eigenvalue weighted by atomic mass is 9.40. The Morgan fingerprint density at radius 3 is 2.48 bits per heavy atom. The van der Waals surface area contributed by atoms with Crippen LogP contribution >= 0.6 is 0 Å². The largest absolute Gasteiger partial charge is 0.103 e. The van der Waals surface area contributed by atoms with Gasteiger partial charge in [-0.15, -0.1) is 6.58 Å². The minimum atomic E-state index is 0.351. The Hall–Kier alpha value is -0.520. The van der Waals surface area contributed by atoms with Gasteiger partial charge in [0.05, 0.1) is 0 Å². The predicted molar refractivity (Wildman–Crippen MR) is 92.1 cm³/mol. The minimum absolute atomic E-state index is 0.351. The third-order valence-electron chi connectivity index (χ3n) is 8.48. The summed E-state index contributed by atoms with van der Waals surface area (Å²) in [5.74, 6) is 2.51. The van der Waals surface area contributed by atoms with Crippen LogP contribution < -0.4 is 0 Å². The normalized spacial score (nSPS) is 53.7. The molecule has 0 aromatic rings. The van der Waals surface area contributed by atoms with Gasteiger partial charge < -0.3 is 0 Å². The molecule has 3 aliphatic rings. The second kappa shape index (κ2) is 4.74. The van der Waals surface area contributed by atoms with Gasteiger partial charge in [0.2, 0.25) is 0 Å². The zero-order chi connectivity index (χ0) is 15.5. The van der Waals surface area contributed by atoms with E-state index in [1.165, 1.54) is 44.9 Å². The molecule has 0 aromatic heterocycles. The Bertz CT molecular complexity index is 461. The fourth-order valence-corrected chi connectivity index (χ4v) is 6.52. The van der Waals surface area contributed by atoms with E-state index in [4.69, 9.17) is 0 Å². The summed E-state index contributed by atoms with van der Waals surface area (Å²) in [6, 6.07) is 0. The van der Waals surface area contributed by atoms with E-state index in [0.29, 0.717) is 16.2 Å². The maximum absolute atomic E-state index is 4.49. The summed E-state index contributed by atoms with van der Waals surface area (Å²) in [6.07, 6.45) is 11.8. The van der Waals surface area contributed by atoms with Crippen LogP contribution in [0.1, 0.15) is 72.6 Å². The van der Waals surface area contributed by atoms with Crippen molar-refractivity contribution in [2.24, 2.45) is 34.0 Å². The molecule has 3 aliphatic carbocycles. The van der Waals surface area contributed by atoms with Crippen LogP contribution in [0.15, 0.2) is 24.8 Å². The van der Waals surface area contributed by atoms with Gasteiger partial charge in [-0.05, 0) is 78.9 Å². The molecule has 0 spiro atoms.